The largest absolute Gasteiger partial charge is 0.378 e. The lowest BCUT2D eigenvalue weighted by Crippen LogP contribution is -2.63. The number of carbonyl (C=O) groups is 1. The minimum absolute atomic E-state index is 0.117. The van der Waals surface area contributed by atoms with E-state index < -0.39 is 0 Å². The number of nitrogens with one attached hydrogen (secondary N) is 2. The van der Waals surface area contributed by atoms with E-state index in [1.807, 2.05) is 0 Å². The molecular formula is C16H30N2O2. The van der Waals surface area contributed by atoms with Gasteiger partial charge in [0.1, 0.15) is 0 Å². The fraction of sp³-hybridized carbons (Fsp3) is 0.938. The van der Waals surface area contributed by atoms with Gasteiger partial charge in [0.25, 0.3) is 0 Å². The average Bonchev–Trinajstić information content (AvgIpc) is 2.92. The molecule has 2 aliphatic rings. The summed E-state index contributed by atoms with van der Waals surface area (Å²) >= 11 is 0. The van der Waals surface area contributed by atoms with Gasteiger partial charge in [-0.15, -0.1) is 0 Å². The third-order valence-electron chi connectivity index (χ3n) is 4.90. The van der Waals surface area contributed by atoms with Gasteiger partial charge in [-0.25, -0.2) is 0 Å². The Labute approximate surface area is 123 Å². The Morgan fingerprint density at radius 2 is 2.05 bits per heavy atom. The fourth-order valence-corrected chi connectivity index (χ4v) is 3.77. The topological polar surface area (TPSA) is 50.4 Å². The second kappa shape index (κ2) is 6.90. The van der Waals surface area contributed by atoms with Crippen molar-refractivity contribution in [2.45, 2.75) is 65.0 Å². The zero-order chi connectivity index (χ0) is 14.6. The highest BCUT2D eigenvalue weighted by Crippen LogP contribution is 2.54. The van der Waals surface area contributed by atoms with Crippen molar-refractivity contribution >= 4 is 5.91 Å². The van der Waals surface area contributed by atoms with E-state index in [0.717, 1.165) is 19.6 Å². The minimum Gasteiger partial charge on any atom is -0.378 e. The van der Waals surface area contributed by atoms with E-state index in [4.69, 9.17) is 4.74 Å². The Balaban J connectivity index is 1.77. The summed E-state index contributed by atoms with van der Waals surface area (Å²) < 4.78 is 5.89. The first kappa shape index (κ1) is 15.8. The van der Waals surface area contributed by atoms with Crippen molar-refractivity contribution in [3.63, 3.8) is 0 Å². The van der Waals surface area contributed by atoms with E-state index in [1.165, 1.54) is 25.7 Å². The summed E-state index contributed by atoms with van der Waals surface area (Å²) in [5.41, 5.74) is 0.314. The molecule has 0 bridgehead atoms. The van der Waals surface area contributed by atoms with Crippen molar-refractivity contribution < 1.29 is 9.53 Å². The van der Waals surface area contributed by atoms with E-state index in [1.54, 1.807) is 0 Å². The summed E-state index contributed by atoms with van der Waals surface area (Å²) in [6.45, 7) is 8.30. The maximum absolute atomic E-state index is 11.8. The second-order valence-electron chi connectivity index (χ2n) is 6.75. The third kappa shape index (κ3) is 3.34. The van der Waals surface area contributed by atoms with Crippen molar-refractivity contribution in [1.82, 2.24) is 10.6 Å². The van der Waals surface area contributed by atoms with Crippen LogP contribution in [-0.4, -0.2) is 37.7 Å². The van der Waals surface area contributed by atoms with Gasteiger partial charge in [0.2, 0.25) is 5.91 Å². The van der Waals surface area contributed by atoms with Crippen LogP contribution in [0.2, 0.25) is 0 Å². The van der Waals surface area contributed by atoms with Crippen LogP contribution in [0.25, 0.3) is 0 Å². The molecule has 116 valence electrons. The summed E-state index contributed by atoms with van der Waals surface area (Å²) in [7, 11) is 0. The molecule has 1 spiro atoms. The molecule has 0 saturated heterocycles. The SMILES string of the molecule is CCOC1CC(NCC(=O)NCC(C)C)C12CCCC2. The molecule has 20 heavy (non-hydrogen) atoms. The number of carbonyl (C=O) groups excluding carboxylic acids is 1. The van der Waals surface area contributed by atoms with Crippen molar-refractivity contribution in [3.05, 3.63) is 0 Å². The van der Waals surface area contributed by atoms with Crippen LogP contribution in [-0.2, 0) is 9.53 Å². The summed E-state index contributed by atoms with van der Waals surface area (Å²) in [4.78, 5) is 11.8. The van der Waals surface area contributed by atoms with E-state index in [9.17, 15) is 4.79 Å². The Hall–Kier alpha value is -0.610. The molecule has 0 aliphatic heterocycles. The van der Waals surface area contributed by atoms with Crippen LogP contribution in [0.4, 0.5) is 0 Å². The molecule has 0 aromatic heterocycles. The molecule has 2 N–H and O–H groups in total. The zero-order valence-electron chi connectivity index (χ0n) is 13.2. The molecule has 1 amide bonds. The molecule has 2 rings (SSSR count). The number of ether oxygens (including phenoxy) is 1. The van der Waals surface area contributed by atoms with Gasteiger partial charge in [0.05, 0.1) is 12.6 Å². The standard InChI is InChI=1S/C16H30N2O2/c1-4-20-14-9-13(16(14)7-5-6-8-16)17-11-15(19)18-10-12(2)3/h12-14,17H,4-11H2,1-3H3,(H,18,19). The highest BCUT2D eigenvalue weighted by Gasteiger charge is 2.56. The summed E-state index contributed by atoms with van der Waals surface area (Å²) in [5, 5.41) is 6.44. The smallest absolute Gasteiger partial charge is 0.233 e. The molecule has 0 heterocycles. The summed E-state index contributed by atoms with van der Waals surface area (Å²) in [6, 6.07) is 0.464. The van der Waals surface area contributed by atoms with Gasteiger partial charge >= 0.3 is 0 Å². The van der Waals surface area contributed by atoms with Gasteiger partial charge in [-0.05, 0) is 32.1 Å². The predicted octanol–water partition coefficient (Wildman–Crippen LogP) is 2.09. The lowest BCUT2D eigenvalue weighted by atomic mass is 9.60. The molecule has 2 unspecified atom stereocenters. The predicted molar refractivity (Wildman–Crippen MR) is 80.6 cm³/mol. The average molecular weight is 282 g/mol. The first-order valence-corrected chi connectivity index (χ1v) is 8.20. The van der Waals surface area contributed by atoms with Crippen LogP contribution in [0.3, 0.4) is 0 Å². The summed E-state index contributed by atoms with van der Waals surface area (Å²) in [5.74, 6) is 0.623. The molecule has 2 saturated carbocycles. The van der Waals surface area contributed by atoms with Crippen LogP contribution in [0, 0.1) is 11.3 Å². The fourth-order valence-electron chi connectivity index (χ4n) is 3.77. The normalized spacial score (nSPS) is 27.8. The molecule has 4 nitrogen and oxygen atoms in total. The first-order chi connectivity index (χ1) is 9.58. The number of rotatable bonds is 7. The van der Waals surface area contributed by atoms with Gasteiger partial charge in [-0.2, -0.15) is 0 Å². The number of amides is 1. The highest BCUT2D eigenvalue weighted by atomic mass is 16.5. The van der Waals surface area contributed by atoms with Crippen LogP contribution in [0.1, 0.15) is 52.9 Å². The molecule has 2 atom stereocenters. The first-order valence-electron chi connectivity index (χ1n) is 8.20. The van der Waals surface area contributed by atoms with E-state index in [2.05, 4.69) is 31.4 Å². The molecular weight excluding hydrogens is 252 g/mol. The lowest BCUT2D eigenvalue weighted by Gasteiger charge is -2.54. The Morgan fingerprint density at radius 3 is 2.65 bits per heavy atom. The molecule has 2 aliphatic carbocycles. The van der Waals surface area contributed by atoms with Crippen LogP contribution < -0.4 is 10.6 Å². The van der Waals surface area contributed by atoms with Crippen LogP contribution in [0.15, 0.2) is 0 Å². The van der Waals surface area contributed by atoms with Gasteiger partial charge in [0, 0.05) is 24.6 Å². The molecule has 0 aromatic rings. The Bertz CT molecular complexity index is 324. The number of hydrogen-bond acceptors (Lipinski definition) is 3. The highest BCUT2D eigenvalue weighted by molar-refractivity contribution is 5.78. The maximum atomic E-state index is 11.8. The molecule has 0 aromatic carbocycles. The second-order valence-corrected chi connectivity index (χ2v) is 6.75. The number of hydrogen-bond donors (Lipinski definition) is 2. The van der Waals surface area contributed by atoms with Crippen molar-refractivity contribution in [3.8, 4) is 0 Å². The van der Waals surface area contributed by atoms with Crippen molar-refractivity contribution in [2.75, 3.05) is 19.7 Å². The van der Waals surface area contributed by atoms with E-state index >= 15 is 0 Å². The van der Waals surface area contributed by atoms with E-state index in [-0.39, 0.29) is 5.91 Å². The third-order valence-corrected chi connectivity index (χ3v) is 4.90. The van der Waals surface area contributed by atoms with Gasteiger partial charge in [-0.3, -0.25) is 4.79 Å². The molecule has 2 fully saturated rings. The molecule has 0 radical (unpaired) electrons. The molecule has 4 heteroatoms. The zero-order valence-corrected chi connectivity index (χ0v) is 13.2. The quantitative estimate of drug-likeness (QED) is 0.752. The van der Waals surface area contributed by atoms with Gasteiger partial charge in [0.15, 0.2) is 0 Å². The van der Waals surface area contributed by atoms with Crippen molar-refractivity contribution in [1.29, 1.82) is 0 Å². The van der Waals surface area contributed by atoms with Crippen molar-refractivity contribution in [2.24, 2.45) is 11.3 Å². The van der Waals surface area contributed by atoms with Crippen LogP contribution >= 0.6 is 0 Å². The van der Waals surface area contributed by atoms with Crippen LogP contribution in [0.5, 0.6) is 0 Å². The lowest BCUT2D eigenvalue weighted by molar-refractivity contribution is -0.134. The minimum atomic E-state index is 0.117. The Kier molecular flexibility index (Phi) is 5.44. The van der Waals surface area contributed by atoms with Gasteiger partial charge < -0.3 is 15.4 Å². The van der Waals surface area contributed by atoms with Gasteiger partial charge in [-0.1, -0.05) is 26.7 Å². The summed E-state index contributed by atoms with van der Waals surface area (Å²) in [6.07, 6.45) is 6.59. The monoisotopic (exact) mass is 282 g/mol. The maximum Gasteiger partial charge on any atom is 0.233 e. The van der Waals surface area contributed by atoms with E-state index in [0.29, 0.717) is 30.0 Å². The Morgan fingerprint density at radius 1 is 1.35 bits per heavy atom.